The second kappa shape index (κ2) is 65.3. The van der Waals surface area contributed by atoms with Crippen molar-refractivity contribution in [2.75, 3.05) is 14.2 Å². The molecule has 0 atom stereocenters. The van der Waals surface area contributed by atoms with Crippen molar-refractivity contribution in [2.45, 2.75) is 344 Å². The third kappa shape index (κ3) is 44.4. The first-order valence-electron chi connectivity index (χ1n) is 44.0. The van der Waals surface area contributed by atoms with E-state index in [0.29, 0.717) is 53.3 Å². The van der Waals surface area contributed by atoms with E-state index in [2.05, 4.69) is 370 Å². The summed E-state index contributed by atoms with van der Waals surface area (Å²) in [6, 6.07) is 75.6. The topological polar surface area (TPSA) is 18.5 Å². The van der Waals surface area contributed by atoms with Crippen LogP contribution in [0.3, 0.4) is 0 Å². The van der Waals surface area contributed by atoms with E-state index < -0.39 is 23.3 Å². The molecule has 126 heavy (non-hydrogen) atoms. The Morgan fingerprint density at radius 2 is 0.532 bits per heavy atom. The van der Waals surface area contributed by atoms with Crippen LogP contribution in [0.25, 0.3) is 0 Å². The van der Waals surface area contributed by atoms with Gasteiger partial charge in [0, 0.05) is 0 Å². The van der Waals surface area contributed by atoms with Crippen LogP contribution in [0.2, 0.25) is 0 Å². The van der Waals surface area contributed by atoms with E-state index in [1.54, 1.807) is 39.7 Å². The summed E-state index contributed by atoms with van der Waals surface area (Å²) in [6.07, 6.45) is 1.15. The van der Waals surface area contributed by atoms with E-state index >= 15 is 0 Å². The molecular formula is C119H177F5O2. The lowest BCUT2D eigenvalue weighted by atomic mass is 9.92. The molecule has 700 valence electrons. The maximum atomic E-state index is 13.2. The van der Waals surface area contributed by atoms with Gasteiger partial charge in [0.25, 0.3) is 0 Å². The van der Waals surface area contributed by atoms with Gasteiger partial charge in [-0.1, -0.05) is 396 Å². The van der Waals surface area contributed by atoms with Gasteiger partial charge in [0.2, 0.25) is 0 Å². The van der Waals surface area contributed by atoms with Crippen molar-refractivity contribution >= 4 is 0 Å². The van der Waals surface area contributed by atoms with Crippen molar-refractivity contribution in [2.24, 2.45) is 0 Å². The molecule has 0 heterocycles. The molecule has 11 aromatic rings. The van der Waals surface area contributed by atoms with Crippen molar-refractivity contribution in [3.05, 3.63) is 375 Å². The molecule has 0 bridgehead atoms. The van der Waals surface area contributed by atoms with Crippen LogP contribution in [0.5, 0.6) is 11.5 Å². The number of benzene rings is 11. The van der Waals surface area contributed by atoms with E-state index in [9.17, 15) is 22.0 Å². The molecular weight excluding hydrogens is 1560 g/mol. The predicted octanol–water partition coefficient (Wildman–Crippen LogP) is 38.8. The summed E-state index contributed by atoms with van der Waals surface area (Å²) < 4.78 is 74.9. The lowest BCUT2D eigenvalue weighted by molar-refractivity contribution is 0.398. The lowest BCUT2D eigenvalue weighted by Crippen LogP contribution is -2.07. The SMILES string of the molecule is C.C.C.C.C.CCc1cccc(C)c1C(C)C.COc1ccc(C(C)C)cc1.COc1cccc(C(C)C)c1.Cc1c(F)c(F)c(F)c(F)c1C(C)C.Cc1ccc(C(C)C)cc1.Cc1cccc(C(C)C)c1.Cc1cccc(C)c1C(C)C.Cc1cccc(C)c1C(C)C.Cc1cccc(F)c1C(C)C.Cc1ccccc1C(C)C.Cc1ccccc1C(C)C. The largest absolute Gasteiger partial charge is 0.497 e. The average molecular weight is 1730 g/mol. The van der Waals surface area contributed by atoms with Crippen molar-refractivity contribution in [3.8, 4) is 11.5 Å². The Kier molecular flexibility index (Phi) is 64.8. The van der Waals surface area contributed by atoms with Gasteiger partial charge in [0.1, 0.15) is 17.3 Å². The number of aryl methyl sites for hydroxylation is 11. The third-order valence-electron chi connectivity index (χ3n) is 21.2. The summed E-state index contributed by atoms with van der Waals surface area (Å²) in [5.74, 6) is 1.31. The van der Waals surface area contributed by atoms with Crippen LogP contribution < -0.4 is 9.47 Å². The zero-order chi connectivity index (χ0) is 92.2. The number of hydrogen-bond donors (Lipinski definition) is 0. The van der Waals surface area contributed by atoms with Crippen molar-refractivity contribution in [1.82, 2.24) is 0 Å². The average Bonchev–Trinajstić information content (AvgIpc) is 0.792. The number of halogens is 5. The Morgan fingerprint density at radius 3 is 0.817 bits per heavy atom. The molecule has 0 spiro atoms. The van der Waals surface area contributed by atoms with Gasteiger partial charge >= 0.3 is 0 Å². The van der Waals surface area contributed by atoms with Gasteiger partial charge in [-0.05, 0) is 295 Å². The molecule has 0 saturated carbocycles. The Labute approximate surface area is 771 Å². The fraction of sp³-hybridized carbons (Fsp3) is 0.445. The standard InChI is InChI=1S/C12H18.2C11H16.C10H10F4.C10H13F.2C10H14O.4C10H14.5CH4/c1-5-11-8-6-7-10(4)12(11)9(2)3;2*1-8(2)11-9(3)6-5-7-10(11)4;1-4(2)6-5(3)7(11)9(13)10(14)8(6)12;1-7(2)10-8(3)5-4-6-9(10)11;1-8(2)9-4-6-10(11-3)7-5-9;1-8(2)9-5-4-6-10(7-9)11-3;1-8(2)10-6-4-9(3)5-7-10;1-8(2)10-6-4-5-9(3)7-10;2*1-8(2)10-7-5-4-6-9(10)3;;;;;/h6-9H,5H2,1-4H3;2*5-8H,1-4H3;4H,1-3H3;4-7H,1-3H3;2*4-8H,1-3H3;4*4-8H,1-3H3;5*1H4. The first-order valence-corrected chi connectivity index (χ1v) is 44.0. The zero-order valence-corrected chi connectivity index (χ0v) is 81.5. The minimum atomic E-state index is -1.75. The van der Waals surface area contributed by atoms with Gasteiger partial charge < -0.3 is 9.47 Å². The second-order valence-corrected chi connectivity index (χ2v) is 35.2. The van der Waals surface area contributed by atoms with Crippen molar-refractivity contribution in [3.63, 3.8) is 0 Å². The highest BCUT2D eigenvalue weighted by molar-refractivity contribution is 5.40. The predicted molar refractivity (Wildman–Crippen MR) is 554 cm³/mol. The normalized spacial score (nSPS) is 10.1. The lowest BCUT2D eigenvalue weighted by Gasteiger charge is -2.14. The van der Waals surface area contributed by atoms with Crippen LogP contribution in [0.4, 0.5) is 22.0 Å². The van der Waals surface area contributed by atoms with Gasteiger partial charge in [-0.2, -0.15) is 0 Å². The Morgan fingerprint density at radius 1 is 0.230 bits per heavy atom. The summed E-state index contributed by atoms with van der Waals surface area (Å²) in [5, 5.41) is 0. The minimum Gasteiger partial charge on any atom is -0.497 e. The number of methoxy groups -OCH3 is 2. The maximum absolute atomic E-state index is 13.2. The number of ether oxygens (including phenoxy) is 2. The molecule has 11 aromatic carbocycles. The Hall–Kier alpha value is -9.33. The van der Waals surface area contributed by atoms with Crippen LogP contribution in [0, 0.1) is 105 Å². The molecule has 0 radical (unpaired) electrons. The molecule has 0 aliphatic carbocycles. The van der Waals surface area contributed by atoms with E-state index in [-0.39, 0.29) is 65.9 Å². The summed E-state index contributed by atoms with van der Waals surface area (Å²) >= 11 is 0. The fourth-order valence-electron chi connectivity index (χ4n) is 14.6. The summed E-state index contributed by atoms with van der Waals surface area (Å²) in [6.45, 7) is 72.1. The van der Waals surface area contributed by atoms with Crippen molar-refractivity contribution < 1.29 is 31.4 Å². The van der Waals surface area contributed by atoms with E-state index in [0.717, 1.165) is 29.0 Å². The molecule has 0 amide bonds. The molecule has 0 aliphatic rings. The van der Waals surface area contributed by atoms with Crippen LogP contribution >= 0.6 is 0 Å². The molecule has 0 aromatic heterocycles. The molecule has 11 rings (SSSR count). The van der Waals surface area contributed by atoms with Crippen LogP contribution in [-0.2, 0) is 6.42 Å². The number of hydrogen-bond acceptors (Lipinski definition) is 2. The molecule has 0 N–H and O–H groups in total. The van der Waals surface area contributed by atoms with E-state index in [1.165, 1.54) is 113 Å². The van der Waals surface area contributed by atoms with Gasteiger partial charge in [-0.3, -0.25) is 0 Å². The van der Waals surface area contributed by atoms with Crippen LogP contribution in [0.1, 0.15) is 389 Å². The zero-order valence-electron chi connectivity index (χ0n) is 81.5. The van der Waals surface area contributed by atoms with E-state index in [4.69, 9.17) is 9.47 Å². The highest BCUT2D eigenvalue weighted by Gasteiger charge is 2.24. The van der Waals surface area contributed by atoms with E-state index in [1.807, 2.05) is 51.1 Å². The highest BCUT2D eigenvalue weighted by Crippen LogP contribution is 2.31. The quantitative estimate of drug-likeness (QED) is 0.0614. The number of rotatable bonds is 14. The van der Waals surface area contributed by atoms with Gasteiger partial charge in [-0.15, -0.1) is 0 Å². The molecule has 0 fully saturated rings. The first-order chi connectivity index (χ1) is 56.7. The molecule has 0 unspecified atom stereocenters. The first kappa shape index (κ1) is 125. The smallest absolute Gasteiger partial charge is 0.197 e. The molecule has 0 saturated heterocycles. The van der Waals surface area contributed by atoms with Crippen molar-refractivity contribution in [1.29, 1.82) is 0 Å². The van der Waals surface area contributed by atoms with Crippen LogP contribution in [-0.4, -0.2) is 14.2 Å². The maximum Gasteiger partial charge on any atom is 0.197 e. The highest BCUT2D eigenvalue weighted by atomic mass is 19.2. The van der Waals surface area contributed by atoms with Gasteiger partial charge in [0.15, 0.2) is 23.3 Å². The Balaban J connectivity index is -0.000000425. The molecule has 2 nitrogen and oxygen atoms in total. The van der Waals surface area contributed by atoms with Gasteiger partial charge in [-0.25, -0.2) is 22.0 Å². The third-order valence-corrected chi connectivity index (χ3v) is 21.2. The second-order valence-electron chi connectivity index (χ2n) is 35.2. The van der Waals surface area contributed by atoms with Crippen LogP contribution in [0.15, 0.2) is 218 Å². The molecule has 7 heteroatoms. The Bertz CT molecular complexity index is 4450. The fourth-order valence-corrected chi connectivity index (χ4v) is 14.6. The van der Waals surface area contributed by atoms with Gasteiger partial charge in [0.05, 0.1) is 14.2 Å². The monoisotopic (exact) mass is 1730 g/mol. The summed E-state index contributed by atoms with van der Waals surface area (Å²) in [4.78, 5) is 0. The summed E-state index contributed by atoms with van der Waals surface area (Å²) in [5.41, 5.74) is 28.7. The molecule has 0 aliphatic heterocycles. The summed E-state index contributed by atoms with van der Waals surface area (Å²) in [7, 11) is 3.38. The minimum absolute atomic E-state index is 0.